The Morgan fingerprint density at radius 3 is 2.40 bits per heavy atom. The molecule has 0 saturated carbocycles. The average Bonchev–Trinajstić information content (AvgIpc) is 2.61. The van der Waals surface area contributed by atoms with Crippen LogP contribution in [0.25, 0.3) is 5.69 Å². The molecular formula is C12H14N2O. The summed E-state index contributed by atoms with van der Waals surface area (Å²) in [4.78, 5) is 11.9. The predicted octanol–water partition coefficient (Wildman–Crippen LogP) is 2.29. The number of nitrogens with one attached hydrogen (secondary N) is 1. The molecule has 0 amide bonds. The van der Waals surface area contributed by atoms with Crippen molar-refractivity contribution >= 4 is 0 Å². The second-order valence-electron chi connectivity index (χ2n) is 3.86. The summed E-state index contributed by atoms with van der Waals surface area (Å²) in [5, 5.41) is 2.98. The van der Waals surface area contributed by atoms with Gasteiger partial charge < -0.3 is 0 Å². The Labute approximate surface area is 88.4 Å². The minimum Gasteiger partial charge on any atom is -0.298 e. The highest BCUT2D eigenvalue weighted by Crippen LogP contribution is 2.10. The molecule has 1 N–H and O–H groups in total. The molecule has 0 unspecified atom stereocenters. The highest BCUT2D eigenvalue weighted by Gasteiger charge is 2.09. The zero-order chi connectivity index (χ0) is 10.8. The van der Waals surface area contributed by atoms with Gasteiger partial charge in [-0.15, -0.1) is 0 Å². The summed E-state index contributed by atoms with van der Waals surface area (Å²) in [7, 11) is 0. The topological polar surface area (TPSA) is 37.8 Å². The monoisotopic (exact) mass is 202 g/mol. The van der Waals surface area contributed by atoms with Crippen LogP contribution in [-0.4, -0.2) is 9.78 Å². The van der Waals surface area contributed by atoms with Crippen LogP contribution in [0.1, 0.15) is 25.3 Å². The van der Waals surface area contributed by atoms with Gasteiger partial charge in [0, 0.05) is 11.8 Å². The number of nitrogens with zero attached hydrogens (tertiary/aromatic N) is 1. The lowest BCUT2D eigenvalue weighted by atomic mass is 10.1. The molecule has 1 aromatic carbocycles. The van der Waals surface area contributed by atoms with E-state index in [0.717, 1.165) is 11.3 Å². The van der Waals surface area contributed by atoms with Gasteiger partial charge >= 0.3 is 0 Å². The number of hydrogen-bond acceptors (Lipinski definition) is 1. The summed E-state index contributed by atoms with van der Waals surface area (Å²) in [6.07, 6.45) is 1.78. The van der Waals surface area contributed by atoms with Crippen LogP contribution in [0.4, 0.5) is 0 Å². The molecule has 1 aromatic heterocycles. The van der Waals surface area contributed by atoms with Gasteiger partial charge in [-0.2, -0.15) is 0 Å². The van der Waals surface area contributed by atoms with Crippen LogP contribution >= 0.6 is 0 Å². The van der Waals surface area contributed by atoms with Crippen molar-refractivity contribution in [2.24, 2.45) is 0 Å². The second kappa shape index (κ2) is 3.77. The summed E-state index contributed by atoms with van der Waals surface area (Å²) >= 11 is 0. The summed E-state index contributed by atoms with van der Waals surface area (Å²) in [6.45, 7) is 4.03. The minimum atomic E-state index is 0.0381. The van der Waals surface area contributed by atoms with Gasteiger partial charge in [0.1, 0.15) is 0 Å². The SMILES string of the molecule is CC(C)c1c[nH]n(-c2ccccc2)c1=O. The molecule has 78 valence electrons. The summed E-state index contributed by atoms with van der Waals surface area (Å²) in [5.74, 6) is 0.249. The van der Waals surface area contributed by atoms with Crippen molar-refractivity contribution in [2.75, 3.05) is 0 Å². The van der Waals surface area contributed by atoms with E-state index >= 15 is 0 Å². The van der Waals surface area contributed by atoms with E-state index in [9.17, 15) is 4.79 Å². The fourth-order valence-corrected chi connectivity index (χ4v) is 1.57. The maximum Gasteiger partial charge on any atom is 0.274 e. The smallest absolute Gasteiger partial charge is 0.274 e. The molecule has 2 aromatic rings. The molecular weight excluding hydrogens is 188 g/mol. The van der Waals surface area contributed by atoms with Gasteiger partial charge in [0.05, 0.1) is 5.69 Å². The van der Waals surface area contributed by atoms with E-state index in [1.54, 1.807) is 10.9 Å². The van der Waals surface area contributed by atoms with Crippen LogP contribution in [0, 0.1) is 0 Å². The maximum atomic E-state index is 11.9. The van der Waals surface area contributed by atoms with Crippen molar-refractivity contribution in [3.8, 4) is 5.69 Å². The van der Waals surface area contributed by atoms with Crippen LogP contribution in [0.15, 0.2) is 41.3 Å². The van der Waals surface area contributed by atoms with Crippen molar-refractivity contribution in [1.82, 2.24) is 9.78 Å². The first-order valence-electron chi connectivity index (χ1n) is 5.06. The lowest BCUT2D eigenvalue weighted by molar-refractivity contribution is 0.825. The van der Waals surface area contributed by atoms with Gasteiger partial charge in [-0.25, -0.2) is 4.68 Å². The van der Waals surface area contributed by atoms with Crippen molar-refractivity contribution in [3.63, 3.8) is 0 Å². The number of aromatic nitrogens is 2. The molecule has 0 aliphatic rings. The molecule has 2 rings (SSSR count). The van der Waals surface area contributed by atoms with E-state index in [4.69, 9.17) is 0 Å². The third-order valence-electron chi connectivity index (χ3n) is 2.44. The molecule has 3 heteroatoms. The Kier molecular flexibility index (Phi) is 2.46. The van der Waals surface area contributed by atoms with Crippen molar-refractivity contribution in [3.05, 3.63) is 52.4 Å². The lowest BCUT2D eigenvalue weighted by Crippen LogP contribution is -2.17. The number of rotatable bonds is 2. The van der Waals surface area contributed by atoms with Crippen LogP contribution in [0.2, 0.25) is 0 Å². The van der Waals surface area contributed by atoms with E-state index in [1.807, 2.05) is 44.2 Å². The maximum absolute atomic E-state index is 11.9. The molecule has 0 aliphatic carbocycles. The Hall–Kier alpha value is -1.77. The highest BCUT2D eigenvalue weighted by molar-refractivity contribution is 5.31. The number of benzene rings is 1. The van der Waals surface area contributed by atoms with E-state index in [-0.39, 0.29) is 11.5 Å². The molecule has 0 fully saturated rings. The van der Waals surface area contributed by atoms with Crippen LogP contribution in [0.3, 0.4) is 0 Å². The Balaban J connectivity index is 2.52. The largest absolute Gasteiger partial charge is 0.298 e. The lowest BCUT2D eigenvalue weighted by Gasteiger charge is -2.00. The molecule has 0 aliphatic heterocycles. The zero-order valence-corrected chi connectivity index (χ0v) is 8.90. The van der Waals surface area contributed by atoms with Crippen molar-refractivity contribution in [1.29, 1.82) is 0 Å². The van der Waals surface area contributed by atoms with E-state index in [2.05, 4.69) is 5.10 Å². The first kappa shape index (κ1) is 9.77. The Morgan fingerprint density at radius 2 is 1.87 bits per heavy atom. The number of hydrogen-bond donors (Lipinski definition) is 1. The van der Waals surface area contributed by atoms with Gasteiger partial charge in [0.15, 0.2) is 0 Å². The van der Waals surface area contributed by atoms with Gasteiger partial charge in [-0.05, 0) is 18.1 Å². The molecule has 1 heterocycles. The van der Waals surface area contributed by atoms with Crippen LogP contribution < -0.4 is 5.56 Å². The predicted molar refractivity (Wildman–Crippen MR) is 60.5 cm³/mol. The molecule has 3 nitrogen and oxygen atoms in total. The third-order valence-corrected chi connectivity index (χ3v) is 2.44. The first-order chi connectivity index (χ1) is 7.20. The summed E-state index contributed by atoms with van der Waals surface area (Å²) in [6, 6.07) is 9.57. The molecule has 0 saturated heterocycles. The van der Waals surface area contributed by atoms with Crippen LogP contribution in [0.5, 0.6) is 0 Å². The van der Waals surface area contributed by atoms with Gasteiger partial charge in [-0.3, -0.25) is 9.89 Å². The number of para-hydroxylation sites is 1. The Bertz CT molecular complexity index is 494. The minimum absolute atomic E-state index is 0.0381. The van der Waals surface area contributed by atoms with Crippen molar-refractivity contribution < 1.29 is 0 Å². The third kappa shape index (κ3) is 1.73. The zero-order valence-electron chi connectivity index (χ0n) is 8.90. The summed E-state index contributed by atoms with van der Waals surface area (Å²) in [5.41, 5.74) is 1.73. The Morgan fingerprint density at radius 1 is 1.20 bits per heavy atom. The standard InChI is InChI=1S/C12H14N2O/c1-9(2)11-8-13-14(12(11)15)10-6-4-3-5-7-10/h3-9,13H,1-2H3. The van der Waals surface area contributed by atoms with E-state index in [1.165, 1.54) is 0 Å². The fraction of sp³-hybridized carbons (Fsp3) is 0.250. The van der Waals surface area contributed by atoms with Crippen LogP contribution in [-0.2, 0) is 0 Å². The summed E-state index contributed by atoms with van der Waals surface area (Å²) < 4.78 is 1.56. The number of aromatic amines is 1. The van der Waals surface area contributed by atoms with Crippen molar-refractivity contribution in [2.45, 2.75) is 19.8 Å². The molecule has 0 atom stereocenters. The van der Waals surface area contributed by atoms with Gasteiger partial charge in [0.2, 0.25) is 0 Å². The molecule has 0 spiro atoms. The molecule has 0 bridgehead atoms. The normalized spacial score (nSPS) is 10.9. The second-order valence-corrected chi connectivity index (χ2v) is 3.86. The average molecular weight is 202 g/mol. The highest BCUT2D eigenvalue weighted by atomic mass is 16.1. The van der Waals surface area contributed by atoms with E-state index < -0.39 is 0 Å². The molecule has 15 heavy (non-hydrogen) atoms. The van der Waals surface area contributed by atoms with Gasteiger partial charge in [0.25, 0.3) is 5.56 Å². The van der Waals surface area contributed by atoms with E-state index in [0.29, 0.717) is 0 Å². The fourth-order valence-electron chi connectivity index (χ4n) is 1.57. The molecule has 0 radical (unpaired) electrons. The number of H-pyrrole nitrogens is 1. The quantitative estimate of drug-likeness (QED) is 0.797. The van der Waals surface area contributed by atoms with Gasteiger partial charge in [-0.1, -0.05) is 32.0 Å². The first-order valence-corrected chi connectivity index (χ1v) is 5.06.